The van der Waals surface area contributed by atoms with Gasteiger partial charge < -0.3 is 10.1 Å². The van der Waals surface area contributed by atoms with Gasteiger partial charge in [0.05, 0.1) is 23.4 Å². The van der Waals surface area contributed by atoms with Gasteiger partial charge in [-0.2, -0.15) is 0 Å². The van der Waals surface area contributed by atoms with Crippen molar-refractivity contribution in [3.8, 4) is 5.75 Å². The number of nitrogens with one attached hydrogen (secondary N) is 2. The van der Waals surface area contributed by atoms with E-state index in [1.807, 2.05) is 0 Å². The molecule has 0 aliphatic heterocycles. The molecule has 0 atom stereocenters. The van der Waals surface area contributed by atoms with Crippen LogP contribution in [-0.2, 0) is 10.0 Å². The molecule has 0 aromatic heterocycles. The van der Waals surface area contributed by atoms with Gasteiger partial charge >= 0.3 is 0 Å². The van der Waals surface area contributed by atoms with Crippen LogP contribution in [0.1, 0.15) is 10.4 Å². The first-order chi connectivity index (χ1) is 13.8. The van der Waals surface area contributed by atoms with Gasteiger partial charge in [0, 0.05) is 10.6 Å². The molecule has 3 aromatic rings. The summed E-state index contributed by atoms with van der Waals surface area (Å²) in [5, 5.41) is 2.76. The molecule has 29 heavy (non-hydrogen) atoms. The van der Waals surface area contributed by atoms with Crippen molar-refractivity contribution < 1.29 is 22.3 Å². The average molecular weight is 435 g/mol. The Morgan fingerprint density at radius 2 is 1.76 bits per heavy atom. The van der Waals surface area contributed by atoms with Crippen molar-refractivity contribution in [1.82, 2.24) is 0 Å². The Balaban J connectivity index is 1.82. The average Bonchev–Trinajstić information content (AvgIpc) is 2.69. The highest BCUT2D eigenvalue weighted by atomic mass is 35.5. The monoisotopic (exact) mass is 434 g/mol. The predicted octanol–water partition coefficient (Wildman–Crippen LogP) is 4.54. The summed E-state index contributed by atoms with van der Waals surface area (Å²) in [6.45, 7) is 0. The molecule has 6 nitrogen and oxygen atoms in total. The maximum Gasteiger partial charge on any atom is 0.262 e. The Bertz CT molecular complexity index is 1170. The van der Waals surface area contributed by atoms with E-state index in [1.165, 1.54) is 37.4 Å². The van der Waals surface area contributed by atoms with Gasteiger partial charge in [-0.25, -0.2) is 12.8 Å². The Hall–Kier alpha value is -3.10. The molecule has 0 aliphatic rings. The Labute approximate surface area is 172 Å². The zero-order valence-corrected chi connectivity index (χ0v) is 16.7. The van der Waals surface area contributed by atoms with Gasteiger partial charge in [-0.1, -0.05) is 29.8 Å². The zero-order chi connectivity index (χ0) is 21.0. The van der Waals surface area contributed by atoms with Crippen LogP contribution in [0.2, 0.25) is 5.02 Å². The number of hydrogen-bond acceptors (Lipinski definition) is 4. The highest BCUT2D eigenvalue weighted by Gasteiger charge is 2.19. The third-order valence-electron chi connectivity index (χ3n) is 3.94. The summed E-state index contributed by atoms with van der Waals surface area (Å²) in [7, 11) is -2.66. The maximum absolute atomic E-state index is 14.5. The number of rotatable bonds is 6. The summed E-state index contributed by atoms with van der Waals surface area (Å²) < 4.78 is 47.1. The number of methoxy groups -OCH3 is 1. The molecule has 0 spiro atoms. The van der Waals surface area contributed by atoms with E-state index in [9.17, 15) is 17.6 Å². The maximum atomic E-state index is 14.5. The molecule has 0 radical (unpaired) electrons. The standard InChI is InChI=1S/C20H16ClFN2O4S/c1-28-19-8-3-2-7-18(19)24-29(26,27)15-9-10-17(16(22)12-15)23-20(25)13-5-4-6-14(21)11-13/h2-12,24H,1H3,(H,23,25). The van der Waals surface area contributed by atoms with E-state index in [1.54, 1.807) is 30.3 Å². The minimum Gasteiger partial charge on any atom is -0.495 e. The van der Waals surface area contributed by atoms with E-state index < -0.39 is 21.7 Å². The SMILES string of the molecule is COc1ccccc1NS(=O)(=O)c1ccc(NC(=O)c2cccc(Cl)c2)c(F)c1. The summed E-state index contributed by atoms with van der Waals surface area (Å²) in [5.74, 6) is -1.15. The summed E-state index contributed by atoms with van der Waals surface area (Å²) in [4.78, 5) is 11.9. The number of halogens is 2. The van der Waals surface area contributed by atoms with Crippen LogP contribution < -0.4 is 14.8 Å². The van der Waals surface area contributed by atoms with E-state index in [-0.39, 0.29) is 21.8 Å². The van der Waals surface area contributed by atoms with Crippen LogP contribution >= 0.6 is 11.6 Å². The number of para-hydroxylation sites is 2. The van der Waals surface area contributed by atoms with Crippen molar-refractivity contribution in [3.05, 3.63) is 83.1 Å². The van der Waals surface area contributed by atoms with Crippen molar-refractivity contribution in [2.45, 2.75) is 4.90 Å². The number of carbonyl (C=O) groups excluding carboxylic acids is 1. The van der Waals surface area contributed by atoms with Gasteiger partial charge in [0.1, 0.15) is 11.6 Å². The van der Waals surface area contributed by atoms with Crippen LogP contribution in [0.5, 0.6) is 5.75 Å². The van der Waals surface area contributed by atoms with Gasteiger partial charge in [-0.15, -0.1) is 0 Å². The molecule has 9 heteroatoms. The van der Waals surface area contributed by atoms with Crippen molar-refractivity contribution in [2.24, 2.45) is 0 Å². The number of anilines is 2. The molecule has 0 bridgehead atoms. The Morgan fingerprint density at radius 3 is 2.45 bits per heavy atom. The molecule has 0 fully saturated rings. The first kappa shape index (κ1) is 20.6. The van der Waals surface area contributed by atoms with Gasteiger partial charge in [0.2, 0.25) is 0 Å². The van der Waals surface area contributed by atoms with Gasteiger partial charge in [0.25, 0.3) is 15.9 Å². The first-order valence-electron chi connectivity index (χ1n) is 8.32. The lowest BCUT2D eigenvalue weighted by atomic mass is 10.2. The number of carbonyl (C=O) groups is 1. The molecular weight excluding hydrogens is 419 g/mol. The second kappa shape index (κ2) is 8.50. The van der Waals surface area contributed by atoms with Gasteiger partial charge in [-0.05, 0) is 48.5 Å². The highest BCUT2D eigenvalue weighted by Crippen LogP contribution is 2.27. The largest absolute Gasteiger partial charge is 0.495 e. The summed E-state index contributed by atoms with van der Waals surface area (Å²) in [5.41, 5.74) is 0.298. The van der Waals surface area contributed by atoms with E-state index in [4.69, 9.17) is 16.3 Å². The molecule has 0 heterocycles. The fraction of sp³-hybridized carbons (Fsp3) is 0.0500. The van der Waals surface area contributed by atoms with Crippen LogP contribution in [0.4, 0.5) is 15.8 Å². The molecule has 1 amide bonds. The fourth-order valence-corrected chi connectivity index (χ4v) is 3.79. The zero-order valence-electron chi connectivity index (χ0n) is 15.1. The Kier molecular flexibility index (Phi) is 6.05. The molecule has 0 aliphatic carbocycles. The van der Waals surface area contributed by atoms with Crippen molar-refractivity contribution in [2.75, 3.05) is 17.1 Å². The quantitative estimate of drug-likeness (QED) is 0.596. The lowest BCUT2D eigenvalue weighted by molar-refractivity contribution is 0.102. The smallest absolute Gasteiger partial charge is 0.262 e. The van der Waals surface area contributed by atoms with Crippen LogP contribution in [0.3, 0.4) is 0 Å². The molecule has 0 saturated carbocycles. The molecule has 0 unspecified atom stereocenters. The first-order valence-corrected chi connectivity index (χ1v) is 10.2. The highest BCUT2D eigenvalue weighted by molar-refractivity contribution is 7.92. The molecule has 150 valence electrons. The lowest BCUT2D eigenvalue weighted by Crippen LogP contribution is -2.16. The van der Waals surface area contributed by atoms with Crippen molar-refractivity contribution in [3.63, 3.8) is 0 Å². The number of sulfonamides is 1. The number of hydrogen-bond donors (Lipinski definition) is 2. The molecule has 0 saturated heterocycles. The van der Waals surface area contributed by atoms with Crippen LogP contribution in [0.15, 0.2) is 71.6 Å². The van der Waals surface area contributed by atoms with Gasteiger partial charge in [-0.3, -0.25) is 9.52 Å². The van der Waals surface area contributed by atoms with E-state index >= 15 is 0 Å². The fourth-order valence-electron chi connectivity index (χ4n) is 2.52. The summed E-state index contributed by atoms with van der Waals surface area (Å²) in [6, 6.07) is 15.8. The predicted molar refractivity (Wildman–Crippen MR) is 110 cm³/mol. The van der Waals surface area contributed by atoms with E-state index in [0.29, 0.717) is 10.8 Å². The third-order valence-corrected chi connectivity index (χ3v) is 5.54. The van der Waals surface area contributed by atoms with Crippen LogP contribution in [0, 0.1) is 5.82 Å². The summed E-state index contributed by atoms with van der Waals surface area (Å²) in [6.07, 6.45) is 0. The second-order valence-electron chi connectivity index (χ2n) is 5.91. The molecular formula is C20H16ClFN2O4S. The normalized spacial score (nSPS) is 11.0. The van der Waals surface area contributed by atoms with Crippen LogP contribution in [-0.4, -0.2) is 21.4 Å². The number of benzene rings is 3. The number of amides is 1. The minimum atomic E-state index is -4.07. The summed E-state index contributed by atoms with van der Waals surface area (Å²) >= 11 is 5.85. The van der Waals surface area contributed by atoms with Gasteiger partial charge in [0.15, 0.2) is 0 Å². The van der Waals surface area contributed by atoms with Crippen molar-refractivity contribution in [1.29, 1.82) is 0 Å². The third kappa shape index (κ3) is 4.85. The van der Waals surface area contributed by atoms with Crippen LogP contribution in [0.25, 0.3) is 0 Å². The van der Waals surface area contributed by atoms with E-state index in [0.717, 1.165) is 6.07 Å². The Morgan fingerprint density at radius 1 is 1.00 bits per heavy atom. The van der Waals surface area contributed by atoms with E-state index in [2.05, 4.69) is 10.0 Å². The molecule has 3 aromatic carbocycles. The second-order valence-corrected chi connectivity index (χ2v) is 8.03. The number of ether oxygens (including phenoxy) is 1. The molecule has 3 rings (SSSR count). The minimum absolute atomic E-state index is 0.161. The van der Waals surface area contributed by atoms with Crippen molar-refractivity contribution >= 4 is 38.9 Å². The topological polar surface area (TPSA) is 84.5 Å². The molecule has 2 N–H and O–H groups in total. The lowest BCUT2D eigenvalue weighted by Gasteiger charge is -2.13.